The van der Waals surface area contributed by atoms with Crippen LogP contribution in [0.4, 0.5) is 0 Å². The maximum absolute atomic E-state index is 13.3. The van der Waals surface area contributed by atoms with Crippen molar-refractivity contribution in [1.29, 1.82) is 0 Å². The average Bonchev–Trinajstić information content (AvgIpc) is 3.30. The largest absolute Gasteiger partial charge is 0.497 e. The molecular weight excluding hydrogens is 358 g/mol. The van der Waals surface area contributed by atoms with Crippen molar-refractivity contribution in [3.8, 4) is 5.75 Å². The molecule has 130 valence electrons. The topological polar surface area (TPSA) is 72.4 Å². The molecule has 2 heterocycles. The van der Waals surface area contributed by atoms with Crippen molar-refractivity contribution in [2.45, 2.75) is 23.8 Å². The third-order valence-electron chi connectivity index (χ3n) is 4.54. The molecule has 0 radical (unpaired) electrons. The summed E-state index contributed by atoms with van der Waals surface area (Å²) in [7, 11) is -2.03. The van der Waals surface area contributed by atoms with Crippen LogP contribution in [0.1, 0.15) is 24.4 Å². The number of rotatable bonds is 4. The molecule has 4 rings (SSSR count). The first-order chi connectivity index (χ1) is 12.1. The Kier molecular flexibility index (Phi) is 4.18. The number of benzene rings is 2. The molecule has 0 amide bonds. The van der Waals surface area contributed by atoms with Crippen molar-refractivity contribution in [3.05, 3.63) is 48.0 Å². The molecule has 25 heavy (non-hydrogen) atoms. The van der Waals surface area contributed by atoms with Crippen molar-refractivity contribution in [3.63, 3.8) is 0 Å². The Bertz CT molecular complexity index is 999. The maximum Gasteiger partial charge on any atom is 0.245 e. The van der Waals surface area contributed by atoms with Gasteiger partial charge in [-0.05, 0) is 42.7 Å². The second-order valence-corrected chi connectivity index (χ2v) is 8.32. The van der Waals surface area contributed by atoms with Crippen LogP contribution in [0, 0.1) is 0 Å². The summed E-state index contributed by atoms with van der Waals surface area (Å²) >= 11 is 1.03. The molecule has 2 aromatic carbocycles. The van der Waals surface area contributed by atoms with Crippen molar-refractivity contribution in [1.82, 2.24) is 13.1 Å². The minimum absolute atomic E-state index is 0.169. The van der Waals surface area contributed by atoms with Gasteiger partial charge in [-0.3, -0.25) is 0 Å². The van der Waals surface area contributed by atoms with E-state index in [2.05, 4.69) is 8.75 Å². The fourth-order valence-electron chi connectivity index (χ4n) is 3.30. The van der Waals surface area contributed by atoms with Crippen LogP contribution in [-0.4, -0.2) is 35.1 Å². The Morgan fingerprint density at radius 2 is 1.96 bits per heavy atom. The zero-order chi connectivity index (χ0) is 17.4. The lowest BCUT2D eigenvalue weighted by Crippen LogP contribution is -2.30. The number of nitrogens with zero attached hydrogens (tertiary/aromatic N) is 3. The SMILES string of the molecule is COc1ccc([C@@H]2CCCN2S(=O)(=O)c2cccc3nsnc23)cc1. The summed E-state index contributed by atoms with van der Waals surface area (Å²) in [5.41, 5.74) is 2.05. The van der Waals surface area contributed by atoms with Crippen LogP contribution in [0.2, 0.25) is 0 Å². The standard InChI is InChI=1S/C17H17N3O3S2/c1-23-13-9-7-12(8-10-13)15-5-3-11-20(15)25(21,22)16-6-2-4-14-17(16)19-24-18-14/h2,4,6-10,15H,3,5,11H2,1H3/t15-/m0/s1. The van der Waals surface area contributed by atoms with E-state index in [1.165, 1.54) is 0 Å². The van der Waals surface area contributed by atoms with E-state index in [4.69, 9.17) is 4.74 Å². The minimum Gasteiger partial charge on any atom is -0.497 e. The summed E-state index contributed by atoms with van der Waals surface area (Å²) < 4.78 is 41.7. The summed E-state index contributed by atoms with van der Waals surface area (Å²) in [6.45, 7) is 0.507. The fourth-order valence-corrected chi connectivity index (χ4v) is 5.74. The molecule has 1 saturated heterocycles. The van der Waals surface area contributed by atoms with Crippen LogP contribution in [0.5, 0.6) is 5.75 Å². The van der Waals surface area contributed by atoms with Gasteiger partial charge in [0.25, 0.3) is 0 Å². The van der Waals surface area contributed by atoms with Gasteiger partial charge in [0.15, 0.2) is 0 Å². The molecule has 0 unspecified atom stereocenters. The molecule has 0 saturated carbocycles. The second-order valence-electron chi connectivity index (χ2n) is 5.94. The first kappa shape index (κ1) is 16.4. The highest BCUT2D eigenvalue weighted by atomic mass is 32.2. The summed E-state index contributed by atoms with van der Waals surface area (Å²) in [6.07, 6.45) is 1.64. The monoisotopic (exact) mass is 375 g/mol. The predicted octanol–water partition coefficient (Wildman–Crippen LogP) is 3.23. The first-order valence-electron chi connectivity index (χ1n) is 7.98. The van der Waals surface area contributed by atoms with E-state index in [1.54, 1.807) is 29.6 Å². The highest BCUT2D eigenvalue weighted by molar-refractivity contribution is 7.89. The first-order valence-corrected chi connectivity index (χ1v) is 10.2. The molecule has 0 bridgehead atoms. The van der Waals surface area contributed by atoms with E-state index in [9.17, 15) is 8.42 Å². The molecule has 0 N–H and O–H groups in total. The van der Waals surface area contributed by atoms with E-state index in [0.717, 1.165) is 35.9 Å². The molecule has 1 fully saturated rings. The molecule has 8 heteroatoms. The number of sulfonamides is 1. The third kappa shape index (κ3) is 2.80. The number of hydrogen-bond donors (Lipinski definition) is 0. The number of hydrogen-bond acceptors (Lipinski definition) is 6. The van der Waals surface area contributed by atoms with Crippen molar-refractivity contribution in [2.75, 3.05) is 13.7 Å². The number of fused-ring (bicyclic) bond motifs is 1. The highest BCUT2D eigenvalue weighted by Crippen LogP contribution is 2.38. The smallest absolute Gasteiger partial charge is 0.245 e. The van der Waals surface area contributed by atoms with Crippen molar-refractivity contribution < 1.29 is 13.2 Å². The lowest BCUT2D eigenvalue weighted by molar-refractivity contribution is 0.395. The Morgan fingerprint density at radius 1 is 1.16 bits per heavy atom. The summed E-state index contributed by atoms with van der Waals surface area (Å²) in [5.74, 6) is 0.759. The molecular formula is C17H17N3O3S2. The lowest BCUT2D eigenvalue weighted by Gasteiger charge is -2.24. The molecule has 0 aliphatic carbocycles. The number of aromatic nitrogens is 2. The maximum atomic E-state index is 13.3. The van der Waals surface area contributed by atoms with Crippen LogP contribution >= 0.6 is 11.7 Å². The fraction of sp³-hybridized carbons (Fsp3) is 0.294. The van der Waals surface area contributed by atoms with Gasteiger partial charge >= 0.3 is 0 Å². The molecule has 1 aliphatic heterocycles. The number of methoxy groups -OCH3 is 1. The van der Waals surface area contributed by atoms with Gasteiger partial charge < -0.3 is 4.74 Å². The molecule has 0 spiro atoms. The van der Waals surface area contributed by atoms with E-state index in [0.29, 0.717) is 17.6 Å². The average molecular weight is 375 g/mol. The van der Waals surface area contributed by atoms with E-state index < -0.39 is 10.0 Å². The van der Waals surface area contributed by atoms with Crippen LogP contribution in [0.3, 0.4) is 0 Å². The highest BCUT2D eigenvalue weighted by Gasteiger charge is 2.37. The normalized spacial score (nSPS) is 18.7. The van der Waals surface area contributed by atoms with Crippen molar-refractivity contribution in [2.24, 2.45) is 0 Å². The molecule has 1 aliphatic rings. The molecule has 1 atom stereocenters. The van der Waals surface area contributed by atoms with Crippen LogP contribution in [-0.2, 0) is 10.0 Å². The zero-order valence-corrected chi connectivity index (χ0v) is 15.3. The Labute approximate surface area is 150 Å². The van der Waals surface area contributed by atoms with Gasteiger partial charge in [0, 0.05) is 6.54 Å². The molecule has 3 aromatic rings. The predicted molar refractivity (Wildman–Crippen MR) is 96.3 cm³/mol. The van der Waals surface area contributed by atoms with E-state index >= 15 is 0 Å². The quantitative estimate of drug-likeness (QED) is 0.700. The van der Waals surface area contributed by atoms with Gasteiger partial charge in [-0.2, -0.15) is 13.1 Å². The number of ether oxygens (including phenoxy) is 1. The van der Waals surface area contributed by atoms with Gasteiger partial charge in [-0.25, -0.2) is 8.42 Å². The van der Waals surface area contributed by atoms with Gasteiger partial charge in [0.2, 0.25) is 10.0 Å². The minimum atomic E-state index is -3.64. The van der Waals surface area contributed by atoms with Gasteiger partial charge in [-0.15, -0.1) is 0 Å². The van der Waals surface area contributed by atoms with Crippen molar-refractivity contribution >= 4 is 32.8 Å². The van der Waals surface area contributed by atoms with Gasteiger partial charge in [0.1, 0.15) is 21.7 Å². The molecule has 6 nitrogen and oxygen atoms in total. The van der Waals surface area contributed by atoms with E-state index in [-0.39, 0.29) is 10.9 Å². The van der Waals surface area contributed by atoms with Crippen LogP contribution in [0.15, 0.2) is 47.4 Å². The molecule has 1 aromatic heterocycles. The second kappa shape index (κ2) is 6.36. The summed E-state index contributed by atoms with van der Waals surface area (Å²) in [5, 5.41) is 0. The summed E-state index contributed by atoms with van der Waals surface area (Å²) in [4.78, 5) is 0.235. The zero-order valence-electron chi connectivity index (χ0n) is 13.6. The van der Waals surface area contributed by atoms with E-state index in [1.807, 2.05) is 24.3 Å². The Morgan fingerprint density at radius 3 is 2.72 bits per heavy atom. The van der Waals surface area contributed by atoms with Gasteiger partial charge in [-0.1, -0.05) is 18.2 Å². The van der Waals surface area contributed by atoms with Crippen LogP contribution in [0.25, 0.3) is 11.0 Å². The Balaban J connectivity index is 1.74. The third-order valence-corrected chi connectivity index (χ3v) is 7.02. The Hall–Kier alpha value is -2.03. The summed E-state index contributed by atoms with van der Waals surface area (Å²) in [6, 6.07) is 12.5. The van der Waals surface area contributed by atoms with Gasteiger partial charge in [0.05, 0.1) is 24.9 Å². The van der Waals surface area contributed by atoms with Crippen LogP contribution < -0.4 is 4.74 Å². The lowest BCUT2D eigenvalue weighted by atomic mass is 10.1.